The number of hydrogen-bond acceptors (Lipinski definition) is 4. The first-order chi connectivity index (χ1) is 12.7. The van der Waals surface area contributed by atoms with E-state index in [2.05, 4.69) is 10.4 Å². The van der Waals surface area contributed by atoms with Gasteiger partial charge in [-0.3, -0.25) is 9.59 Å². The largest absolute Gasteiger partial charge is 0.392 e. The summed E-state index contributed by atoms with van der Waals surface area (Å²) < 4.78 is 1.15. The van der Waals surface area contributed by atoms with Crippen molar-refractivity contribution in [3.63, 3.8) is 0 Å². The van der Waals surface area contributed by atoms with Gasteiger partial charge in [0.15, 0.2) is 0 Å². The highest BCUT2D eigenvalue weighted by molar-refractivity contribution is 5.75. The van der Waals surface area contributed by atoms with Gasteiger partial charge in [0.2, 0.25) is 5.91 Å². The zero-order valence-electron chi connectivity index (χ0n) is 14.1. The Morgan fingerprint density at radius 3 is 2.38 bits per heavy atom. The SMILES string of the molecule is O=C(Cn1nc(-c2ccccc2)ccc1=O)NCc1ccccc1CO. The number of hydrogen-bond donors (Lipinski definition) is 2. The molecule has 0 bridgehead atoms. The second-order valence-electron chi connectivity index (χ2n) is 5.78. The average molecular weight is 349 g/mol. The number of carbonyl (C=O) groups excluding carboxylic acids is 1. The molecule has 1 aromatic heterocycles. The average Bonchev–Trinajstić information content (AvgIpc) is 2.69. The van der Waals surface area contributed by atoms with Crippen molar-refractivity contribution >= 4 is 5.91 Å². The Morgan fingerprint density at radius 1 is 0.962 bits per heavy atom. The number of rotatable bonds is 6. The third-order valence-corrected chi connectivity index (χ3v) is 3.99. The lowest BCUT2D eigenvalue weighted by Crippen LogP contribution is -2.33. The van der Waals surface area contributed by atoms with Gasteiger partial charge < -0.3 is 10.4 Å². The van der Waals surface area contributed by atoms with Gasteiger partial charge in [-0.25, -0.2) is 4.68 Å². The number of aliphatic hydroxyl groups excluding tert-OH is 1. The first-order valence-electron chi connectivity index (χ1n) is 8.25. The lowest BCUT2D eigenvalue weighted by Gasteiger charge is -2.10. The molecule has 3 rings (SSSR count). The minimum absolute atomic E-state index is 0.0911. The second kappa shape index (κ2) is 8.22. The molecule has 6 heteroatoms. The molecular formula is C20H19N3O3. The van der Waals surface area contributed by atoms with E-state index in [9.17, 15) is 14.7 Å². The van der Waals surface area contributed by atoms with Crippen LogP contribution in [-0.4, -0.2) is 20.8 Å². The summed E-state index contributed by atoms with van der Waals surface area (Å²) in [5, 5.41) is 16.4. The summed E-state index contributed by atoms with van der Waals surface area (Å²) in [7, 11) is 0. The van der Waals surface area contributed by atoms with Crippen molar-refractivity contribution in [3.8, 4) is 11.3 Å². The number of aliphatic hydroxyl groups is 1. The van der Waals surface area contributed by atoms with E-state index in [4.69, 9.17) is 0 Å². The second-order valence-corrected chi connectivity index (χ2v) is 5.78. The van der Waals surface area contributed by atoms with E-state index in [-0.39, 0.29) is 31.2 Å². The van der Waals surface area contributed by atoms with Crippen LogP contribution in [0.4, 0.5) is 0 Å². The van der Waals surface area contributed by atoms with Crippen LogP contribution >= 0.6 is 0 Å². The van der Waals surface area contributed by atoms with Gasteiger partial charge in [0.25, 0.3) is 5.56 Å². The van der Waals surface area contributed by atoms with Crippen LogP contribution in [0.2, 0.25) is 0 Å². The molecule has 0 aliphatic heterocycles. The van der Waals surface area contributed by atoms with Crippen molar-refractivity contribution in [1.82, 2.24) is 15.1 Å². The highest BCUT2D eigenvalue weighted by Crippen LogP contribution is 2.14. The fourth-order valence-electron chi connectivity index (χ4n) is 2.60. The number of nitrogens with one attached hydrogen (secondary N) is 1. The monoisotopic (exact) mass is 349 g/mol. The molecule has 26 heavy (non-hydrogen) atoms. The Hall–Kier alpha value is -3.25. The standard InChI is InChI=1S/C20H19N3O3/c24-14-17-9-5-4-8-16(17)12-21-19(25)13-23-20(26)11-10-18(22-23)15-6-2-1-3-7-15/h1-11,24H,12-14H2,(H,21,25). The summed E-state index contributed by atoms with van der Waals surface area (Å²) >= 11 is 0. The summed E-state index contributed by atoms with van der Waals surface area (Å²) in [5.41, 5.74) is 2.76. The van der Waals surface area contributed by atoms with Crippen molar-refractivity contribution < 1.29 is 9.90 Å². The normalized spacial score (nSPS) is 10.5. The number of amides is 1. The lowest BCUT2D eigenvalue weighted by atomic mass is 10.1. The highest BCUT2D eigenvalue weighted by atomic mass is 16.3. The van der Waals surface area contributed by atoms with E-state index < -0.39 is 0 Å². The smallest absolute Gasteiger partial charge is 0.267 e. The Morgan fingerprint density at radius 2 is 1.65 bits per heavy atom. The van der Waals surface area contributed by atoms with Crippen LogP contribution < -0.4 is 10.9 Å². The van der Waals surface area contributed by atoms with E-state index in [1.165, 1.54) is 6.07 Å². The predicted molar refractivity (Wildman–Crippen MR) is 98.1 cm³/mol. The van der Waals surface area contributed by atoms with Gasteiger partial charge in [-0.05, 0) is 17.2 Å². The van der Waals surface area contributed by atoms with E-state index in [1.54, 1.807) is 12.1 Å². The molecule has 0 saturated carbocycles. The molecular weight excluding hydrogens is 330 g/mol. The zero-order chi connectivity index (χ0) is 18.4. The van der Waals surface area contributed by atoms with E-state index in [0.717, 1.165) is 21.4 Å². The van der Waals surface area contributed by atoms with Gasteiger partial charge in [0.1, 0.15) is 6.54 Å². The summed E-state index contributed by atoms with van der Waals surface area (Å²) in [6.07, 6.45) is 0. The molecule has 0 aliphatic rings. The third kappa shape index (κ3) is 4.23. The third-order valence-electron chi connectivity index (χ3n) is 3.99. The number of carbonyl (C=O) groups is 1. The van der Waals surface area contributed by atoms with Crippen molar-refractivity contribution in [2.24, 2.45) is 0 Å². The first kappa shape index (κ1) is 17.6. The summed E-state index contributed by atoms with van der Waals surface area (Å²) in [5.74, 6) is -0.322. The first-order valence-corrected chi connectivity index (χ1v) is 8.25. The number of nitrogens with zero attached hydrogens (tertiary/aromatic N) is 2. The Balaban J connectivity index is 1.70. The molecule has 6 nitrogen and oxygen atoms in total. The van der Waals surface area contributed by atoms with Crippen molar-refractivity contribution in [1.29, 1.82) is 0 Å². The summed E-state index contributed by atoms with van der Waals surface area (Å²) in [6, 6.07) is 19.8. The minimum Gasteiger partial charge on any atom is -0.392 e. The Bertz CT molecular complexity index is 952. The van der Waals surface area contributed by atoms with E-state index in [1.807, 2.05) is 48.5 Å². The maximum Gasteiger partial charge on any atom is 0.267 e. The van der Waals surface area contributed by atoms with Gasteiger partial charge in [0, 0.05) is 18.2 Å². The summed E-state index contributed by atoms with van der Waals surface area (Å²) in [4.78, 5) is 24.2. The lowest BCUT2D eigenvalue weighted by molar-refractivity contribution is -0.122. The molecule has 0 fully saturated rings. The molecule has 0 unspecified atom stereocenters. The Labute approximate surface area is 150 Å². The zero-order valence-corrected chi connectivity index (χ0v) is 14.1. The molecule has 0 aliphatic carbocycles. The quantitative estimate of drug-likeness (QED) is 0.710. The molecule has 1 heterocycles. The van der Waals surface area contributed by atoms with Gasteiger partial charge >= 0.3 is 0 Å². The minimum atomic E-state index is -0.337. The predicted octanol–water partition coefficient (Wildman–Crippen LogP) is 1.72. The molecule has 0 spiro atoms. The van der Waals surface area contributed by atoms with E-state index in [0.29, 0.717) is 5.69 Å². The van der Waals surface area contributed by atoms with Crippen molar-refractivity contribution in [3.05, 3.63) is 88.2 Å². The van der Waals surface area contributed by atoms with Crippen LogP contribution in [0.5, 0.6) is 0 Å². The molecule has 2 aromatic carbocycles. The molecule has 0 saturated heterocycles. The van der Waals surface area contributed by atoms with Crippen LogP contribution in [0, 0.1) is 0 Å². The highest BCUT2D eigenvalue weighted by Gasteiger charge is 2.09. The fourth-order valence-corrected chi connectivity index (χ4v) is 2.60. The van der Waals surface area contributed by atoms with Gasteiger partial charge in [-0.15, -0.1) is 0 Å². The van der Waals surface area contributed by atoms with Crippen LogP contribution in [0.3, 0.4) is 0 Å². The van der Waals surface area contributed by atoms with Crippen LogP contribution in [0.1, 0.15) is 11.1 Å². The van der Waals surface area contributed by atoms with Crippen molar-refractivity contribution in [2.45, 2.75) is 19.7 Å². The van der Waals surface area contributed by atoms with Crippen LogP contribution in [-0.2, 0) is 24.5 Å². The molecule has 3 aromatic rings. The molecule has 0 radical (unpaired) electrons. The fraction of sp³-hybridized carbons (Fsp3) is 0.150. The maximum atomic E-state index is 12.2. The summed E-state index contributed by atoms with van der Waals surface area (Å²) in [6.45, 7) is 0.0235. The van der Waals surface area contributed by atoms with Crippen molar-refractivity contribution in [2.75, 3.05) is 0 Å². The Kier molecular flexibility index (Phi) is 5.56. The van der Waals surface area contributed by atoms with Gasteiger partial charge in [-0.2, -0.15) is 5.10 Å². The number of aromatic nitrogens is 2. The van der Waals surface area contributed by atoms with Gasteiger partial charge in [-0.1, -0.05) is 54.6 Å². The number of benzene rings is 2. The van der Waals surface area contributed by atoms with E-state index >= 15 is 0 Å². The maximum absolute atomic E-state index is 12.2. The molecule has 132 valence electrons. The van der Waals surface area contributed by atoms with Gasteiger partial charge in [0.05, 0.1) is 12.3 Å². The van der Waals surface area contributed by atoms with Crippen LogP contribution in [0.25, 0.3) is 11.3 Å². The topological polar surface area (TPSA) is 84.2 Å². The molecule has 0 atom stereocenters. The molecule has 1 amide bonds. The van der Waals surface area contributed by atoms with Crippen LogP contribution in [0.15, 0.2) is 71.5 Å². The molecule has 2 N–H and O–H groups in total.